The molecule has 17 heavy (non-hydrogen) atoms. The molecule has 0 radical (unpaired) electrons. The van der Waals surface area contributed by atoms with E-state index in [1.54, 1.807) is 18.2 Å². The Kier molecular flexibility index (Phi) is 3.40. The lowest BCUT2D eigenvalue weighted by atomic mass is 10.1. The van der Waals surface area contributed by atoms with Crippen LogP contribution in [0.4, 0.5) is 4.39 Å². The highest BCUT2D eigenvalue weighted by Gasteiger charge is 2.10. The fourth-order valence-electron chi connectivity index (χ4n) is 1.45. The molecule has 0 aliphatic rings. The predicted octanol–water partition coefficient (Wildman–Crippen LogP) is 2.04. The molecule has 0 saturated carbocycles. The van der Waals surface area contributed by atoms with Gasteiger partial charge in [-0.3, -0.25) is 9.97 Å². The number of nitrogens with zero attached hydrogens (tertiary/aromatic N) is 3. The summed E-state index contributed by atoms with van der Waals surface area (Å²) in [5.74, 6) is -0.336. The summed E-state index contributed by atoms with van der Waals surface area (Å²) >= 11 is 0. The van der Waals surface area contributed by atoms with Crippen LogP contribution in [-0.4, -0.2) is 20.9 Å². The molecule has 0 aliphatic heterocycles. The number of halogens is 1. The van der Waals surface area contributed by atoms with Gasteiger partial charge >= 0.3 is 0 Å². The zero-order chi connectivity index (χ0) is 12.1. The topological polar surface area (TPSA) is 58.4 Å². The summed E-state index contributed by atoms with van der Waals surface area (Å²) in [7, 11) is 0. The molecule has 1 N–H and O–H groups in total. The van der Waals surface area contributed by atoms with E-state index in [4.69, 9.17) is 5.21 Å². The van der Waals surface area contributed by atoms with Crippen LogP contribution in [0.1, 0.15) is 11.3 Å². The van der Waals surface area contributed by atoms with Crippen LogP contribution in [0.15, 0.2) is 48.0 Å². The van der Waals surface area contributed by atoms with Crippen molar-refractivity contribution >= 4 is 5.71 Å². The van der Waals surface area contributed by atoms with E-state index in [0.29, 0.717) is 11.3 Å². The van der Waals surface area contributed by atoms with Gasteiger partial charge in [0.25, 0.3) is 0 Å². The van der Waals surface area contributed by atoms with Gasteiger partial charge in [0.05, 0.1) is 6.20 Å². The Morgan fingerprint density at radius 1 is 1.29 bits per heavy atom. The van der Waals surface area contributed by atoms with Crippen LogP contribution in [0.5, 0.6) is 0 Å². The molecule has 0 spiro atoms. The third-order valence-corrected chi connectivity index (χ3v) is 2.30. The molecule has 0 amide bonds. The van der Waals surface area contributed by atoms with Crippen molar-refractivity contribution in [2.75, 3.05) is 0 Å². The lowest BCUT2D eigenvalue weighted by Crippen LogP contribution is -2.09. The van der Waals surface area contributed by atoms with Crippen LogP contribution in [0.2, 0.25) is 0 Å². The first-order chi connectivity index (χ1) is 8.31. The number of hydrogen-bond acceptors (Lipinski definition) is 4. The van der Waals surface area contributed by atoms with E-state index in [9.17, 15) is 4.39 Å². The molecule has 0 atom stereocenters. The maximum absolute atomic E-state index is 13.4. The van der Waals surface area contributed by atoms with E-state index in [1.165, 1.54) is 24.7 Å². The van der Waals surface area contributed by atoms with E-state index in [1.807, 2.05) is 0 Å². The lowest BCUT2D eigenvalue weighted by molar-refractivity contribution is 0.318. The second kappa shape index (κ2) is 5.16. The summed E-state index contributed by atoms with van der Waals surface area (Å²) in [6.07, 6.45) is 4.64. The van der Waals surface area contributed by atoms with E-state index in [0.717, 1.165) is 0 Å². The smallest absolute Gasteiger partial charge is 0.126 e. The number of benzene rings is 1. The molecule has 0 unspecified atom stereocenters. The van der Waals surface area contributed by atoms with Crippen molar-refractivity contribution < 1.29 is 9.60 Å². The molecule has 4 nitrogen and oxygen atoms in total. The fourth-order valence-corrected chi connectivity index (χ4v) is 1.45. The van der Waals surface area contributed by atoms with Crippen LogP contribution < -0.4 is 0 Å². The second-order valence-corrected chi connectivity index (χ2v) is 3.41. The molecule has 0 bridgehead atoms. The highest BCUT2D eigenvalue weighted by Crippen LogP contribution is 2.10. The van der Waals surface area contributed by atoms with Gasteiger partial charge in [-0.05, 0) is 11.6 Å². The Hall–Kier alpha value is -2.30. The maximum atomic E-state index is 13.4. The zero-order valence-electron chi connectivity index (χ0n) is 8.92. The molecule has 1 aromatic heterocycles. The number of rotatable bonds is 3. The quantitative estimate of drug-likeness (QED) is 0.499. The van der Waals surface area contributed by atoms with Crippen molar-refractivity contribution in [1.82, 2.24) is 9.97 Å². The van der Waals surface area contributed by atoms with Gasteiger partial charge in [-0.2, -0.15) is 0 Å². The molecule has 1 heterocycles. The van der Waals surface area contributed by atoms with Gasteiger partial charge in [-0.15, -0.1) is 0 Å². The lowest BCUT2D eigenvalue weighted by Gasteiger charge is -2.04. The van der Waals surface area contributed by atoms with Crippen LogP contribution in [0.3, 0.4) is 0 Å². The minimum atomic E-state index is -0.336. The Labute approximate surface area is 97.5 Å². The average molecular weight is 231 g/mol. The Morgan fingerprint density at radius 2 is 2.12 bits per heavy atom. The van der Waals surface area contributed by atoms with Gasteiger partial charge in [0.2, 0.25) is 0 Å². The van der Waals surface area contributed by atoms with Gasteiger partial charge in [0.1, 0.15) is 17.2 Å². The van der Waals surface area contributed by atoms with Crippen molar-refractivity contribution in [1.29, 1.82) is 0 Å². The molecule has 86 valence electrons. The van der Waals surface area contributed by atoms with Crippen LogP contribution in [0.25, 0.3) is 0 Å². The third-order valence-electron chi connectivity index (χ3n) is 2.30. The summed E-state index contributed by atoms with van der Waals surface area (Å²) < 4.78 is 13.4. The number of hydrogen-bond donors (Lipinski definition) is 1. The molecule has 2 rings (SSSR count). The summed E-state index contributed by atoms with van der Waals surface area (Å²) in [4.78, 5) is 7.87. The molecule has 2 aromatic rings. The van der Waals surface area contributed by atoms with Gasteiger partial charge in [0.15, 0.2) is 0 Å². The Bertz CT molecular complexity index is 528. The fraction of sp³-hybridized carbons (Fsp3) is 0.0833. The van der Waals surface area contributed by atoms with Crippen molar-refractivity contribution in [2.24, 2.45) is 5.16 Å². The van der Waals surface area contributed by atoms with Crippen LogP contribution >= 0.6 is 0 Å². The van der Waals surface area contributed by atoms with E-state index < -0.39 is 0 Å². The van der Waals surface area contributed by atoms with Crippen molar-refractivity contribution in [3.05, 3.63) is 59.9 Å². The second-order valence-electron chi connectivity index (χ2n) is 3.41. The highest BCUT2D eigenvalue weighted by atomic mass is 19.1. The van der Waals surface area contributed by atoms with Crippen molar-refractivity contribution in [2.45, 2.75) is 6.42 Å². The van der Waals surface area contributed by atoms with Gasteiger partial charge < -0.3 is 5.21 Å². The Balaban J connectivity index is 2.26. The average Bonchev–Trinajstić information content (AvgIpc) is 2.39. The van der Waals surface area contributed by atoms with Crippen LogP contribution in [-0.2, 0) is 6.42 Å². The minimum Gasteiger partial charge on any atom is -0.411 e. The van der Waals surface area contributed by atoms with Crippen molar-refractivity contribution in [3.8, 4) is 0 Å². The molecule has 0 fully saturated rings. The highest BCUT2D eigenvalue weighted by molar-refractivity contribution is 5.99. The SMILES string of the molecule is ON=C(Cc1ccccc1F)c1cnccn1. The maximum Gasteiger partial charge on any atom is 0.126 e. The molecule has 5 heteroatoms. The molecular weight excluding hydrogens is 221 g/mol. The summed E-state index contributed by atoms with van der Waals surface area (Å²) in [5.41, 5.74) is 1.16. The first-order valence-corrected chi connectivity index (χ1v) is 5.02. The Morgan fingerprint density at radius 3 is 2.76 bits per heavy atom. The monoisotopic (exact) mass is 231 g/mol. The van der Waals surface area contributed by atoms with Gasteiger partial charge in [-0.25, -0.2) is 4.39 Å². The first kappa shape index (κ1) is 11.2. The van der Waals surface area contributed by atoms with E-state index >= 15 is 0 Å². The molecule has 1 aromatic carbocycles. The number of oxime groups is 1. The predicted molar refractivity (Wildman–Crippen MR) is 60.5 cm³/mol. The molecule has 0 aliphatic carbocycles. The van der Waals surface area contributed by atoms with E-state index in [-0.39, 0.29) is 17.9 Å². The largest absolute Gasteiger partial charge is 0.411 e. The zero-order valence-corrected chi connectivity index (χ0v) is 8.92. The summed E-state index contributed by atoms with van der Waals surface area (Å²) in [6, 6.07) is 6.33. The summed E-state index contributed by atoms with van der Waals surface area (Å²) in [6.45, 7) is 0. The molecular formula is C12H10FN3O. The van der Waals surface area contributed by atoms with E-state index in [2.05, 4.69) is 15.1 Å². The minimum absolute atomic E-state index is 0.169. The van der Waals surface area contributed by atoms with Crippen LogP contribution in [0, 0.1) is 5.82 Å². The third kappa shape index (κ3) is 2.63. The normalized spacial score (nSPS) is 11.5. The first-order valence-electron chi connectivity index (χ1n) is 5.02. The van der Waals surface area contributed by atoms with Crippen molar-refractivity contribution in [3.63, 3.8) is 0 Å². The molecule has 0 saturated heterocycles. The standard InChI is InChI=1S/C12H10FN3O/c13-10-4-2-1-3-9(10)7-11(16-17)12-8-14-5-6-15-12/h1-6,8,17H,7H2. The summed E-state index contributed by atoms with van der Waals surface area (Å²) in [5, 5.41) is 12.1. The van der Waals surface area contributed by atoms with Gasteiger partial charge in [-0.1, -0.05) is 23.4 Å². The number of aromatic nitrogens is 2. The van der Waals surface area contributed by atoms with Gasteiger partial charge in [0, 0.05) is 18.8 Å².